The Morgan fingerprint density at radius 1 is 1.33 bits per heavy atom. The summed E-state index contributed by atoms with van der Waals surface area (Å²) in [4.78, 5) is 2.53. The SMILES string of the molecule is CCC1(C)CN(C2CCS(=O)(=O)CC2)CCCN1. The van der Waals surface area contributed by atoms with E-state index in [0.29, 0.717) is 17.5 Å². The minimum Gasteiger partial charge on any atom is -0.310 e. The number of hydrogen-bond donors (Lipinski definition) is 1. The fourth-order valence-corrected chi connectivity index (χ4v) is 4.51. The first-order chi connectivity index (χ1) is 8.44. The molecule has 2 fully saturated rings. The van der Waals surface area contributed by atoms with Gasteiger partial charge in [-0.3, -0.25) is 4.90 Å². The molecular weight excluding hydrogens is 248 g/mol. The van der Waals surface area contributed by atoms with Crippen molar-refractivity contribution in [2.75, 3.05) is 31.1 Å². The molecule has 0 aromatic rings. The molecule has 1 unspecified atom stereocenters. The third kappa shape index (κ3) is 3.45. The van der Waals surface area contributed by atoms with E-state index in [1.807, 2.05) is 0 Å². The summed E-state index contributed by atoms with van der Waals surface area (Å²) in [5.41, 5.74) is 0.187. The summed E-state index contributed by atoms with van der Waals surface area (Å²) in [6.07, 6.45) is 3.93. The number of hydrogen-bond acceptors (Lipinski definition) is 4. The van der Waals surface area contributed by atoms with E-state index >= 15 is 0 Å². The molecule has 1 atom stereocenters. The van der Waals surface area contributed by atoms with Crippen molar-refractivity contribution in [3.63, 3.8) is 0 Å². The lowest BCUT2D eigenvalue weighted by atomic mass is 9.97. The molecule has 2 rings (SSSR count). The Labute approximate surface area is 111 Å². The molecule has 0 radical (unpaired) electrons. The second-order valence-electron chi connectivity index (χ2n) is 6.05. The minimum atomic E-state index is -2.74. The van der Waals surface area contributed by atoms with Crippen LogP contribution < -0.4 is 5.32 Å². The summed E-state index contributed by atoms with van der Waals surface area (Å²) >= 11 is 0. The average molecular weight is 274 g/mol. The van der Waals surface area contributed by atoms with Crippen LogP contribution in [0.25, 0.3) is 0 Å². The molecule has 0 bridgehead atoms. The maximum atomic E-state index is 11.5. The molecule has 2 aliphatic rings. The zero-order valence-corrected chi connectivity index (χ0v) is 12.4. The van der Waals surface area contributed by atoms with Crippen LogP contribution in [0.5, 0.6) is 0 Å². The third-order valence-corrected chi connectivity index (χ3v) is 6.26. The second kappa shape index (κ2) is 5.47. The van der Waals surface area contributed by atoms with Crippen LogP contribution in [0.2, 0.25) is 0 Å². The van der Waals surface area contributed by atoms with Crippen LogP contribution in [0.1, 0.15) is 39.5 Å². The normalized spacial score (nSPS) is 35.2. The van der Waals surface area contributed by atoms with E-state index in [1.165, 1.54) is 6.42 Å². The van der Waals surface area contributed by atoms with Gasteiger partial charge in [0.1, 0.15) is 9.84 Å². The van der Waals surface area contributed by atoms with Crippen LogP contribution in [0.4, 0.5) is 0 Å². The first kappa shape index (κ1) is 14.3. The lowest BCUT2D eigenvalue weighted by molar-refractivity contribution is 0.150. The van der Waals surface area contributed by atoms with E-state index in [1.54, 1.807) is 0 Å². The van der Waals surface area contributed by atoms with Crippen molar-refractivity contribution in [2.45, 2.75) is 51.1 Å². The van der Waals surface area contributed by atoms with E-state index in [9.17, 15) is 8.42 Å². The van der Waals surface area contributed by atoms with E-state index in [-0.39, 0.29) is 5.54 Å². The molecule has 0 aromatic heterocycles. The minimum absolute atomic E-state index is 0.187. The summed E-state index contributed by atoms with van der Waals surface area (Å²) in [5, 5.41) is 3.63. The molecule has 0 amide bonds. The maximum absolute atomic E-state index is 11.5. The van der Waals surface area contributed by atoms with Crippen molar-refractivity contribution in [3.8, 4) is 0 Å². The zero-order chi connectivity index (χ0) is 13.2. The topological polar surface area (TPSA) is 49.4 Å². The highest BCUT2D eigenvalue weighted by Gasteiger charge is 2.33. The summed E-state index contributed by atoms with van der Waals surface area (Å²) in [5.74, 6) is 0.759. The van der Waals surface area contributed by atoms with Gasteiger partial charge in [-0.2, -0.15) is 0 Å². The molecule has 4 nitrogen and oxygen atoms in total. The fourth-order valence-electron chi connectivity index (χ4n) is 3.05. The standard InChI is InChI=1S/C13H26N2O2S/c1-3-13(2)11-15(8-4-7-14-13)12-5-9-18(16,17)10-6-12/h12,14H,3-11H2,1-2H3. The molecule has 106 valence electrons. The lowest BCUT2D eigenvalue weighted by Gasteiger charge is -2.38. The summed E-state index contributed by atoms with van der Waals surface area (Å²) < 4.78 is 23.0. The summed E-state index contributed by atoms with van der Waals surface area (Å²) in [6, 6.07) is 0.472. The smallest absolute Gasteiger partial charge is 0.150 e. The predicted octanol–water partition coefficient (Wildman–Crippen LogP) is 1.03. The van der Waals surface area contributed by atoms with Gasteiger partial charge in [0.2, 0.25) is 0 Å². The maximum Gasteiger partial charge on any atom is 0.150 e. The highest BCUT2D eigenvalue weighted by Crippen LogP contribution is 2.23. The zero-order valence-electron chi connectivity index (χ0n) is 11.6. The Balaban J connectivity index is 1.99. The van der Waals surface area contributed by atoms with Gasteiger partial charge in [-0.25, -0.2) is 8.42 Å². The third-order valence-electron chi connectivity index (χ3n) is 4.55. The van der Waals surface area contributed by atoms with Crippen molar-refractivity contribution in [2.24, 2.45) is 0 Å². The highest BCUT2D eigenvalue weighted by atomic mass is 32.2. The summed E-state index contributed by atoms with van der Waals surface area (Å²) in [6.45, 7) is 7.74. The number of nitrogens with zero attached hydrogens (tertiary/aromatic N) is 1. The van der Waals surface area contributed by atoms with Crippen molar-refractivity contribution in [3.05, 3.63) is 0 Å². The lowest BCUT2D eigenvalue weighted by Crippen LogP contribution is -2.52. The van der Waals surface area contributed by atoms with Gasteiger partial charge in [0.15, 0.2) is 0 Å². The fraction of sp³-hybridized carbons (Fsp3) is 1.00. The van der Waals surface area contributed by atoms with E-state index in [4.69, 9.17) is 0 Å². The Kier molecular flexibility index (Phi) is 4.34. The summed E-state index contributed by atoms with van der Waals surface area (Å²) in [7, 11) is -2.74. The quantitative estimate of drug-likeness (QED) is 0.817. The Hall–Kier alpha value is -0.130. The van der Waals surface area contributed by atoms with Gasteiger partial charge in [0.05, 0.1) is 11.5 Å². The van der Waals surface area contributed by atoms with Crippen molar-refractivity contribution >= 4 is 9.84 Å². The predicted molar refractivity (Wildman–Crippen MR) is 74.6 cm³/mol. The van der Waals surface area contributed by atoms with Gasteiger partial charge in [-0.1, -0.05) is 6.92 Å². The van der Waals surface area contributed by atoms with Crippen LogP contribution in [0, 0.1) is 0 Å². The Morgan fingerprint density at radius 2 is 2.00 bits per heavy atom. The van der Waals surface area contributed by atoms with Gasteiger partial charge in [0, 0.05) is 18.1 Å². The van der Waals surface area contributed by atoms with Gasteiger partial charge < -0.3 is 5.32 Å². The van der Waals surface area contributed by atoms with Crippen LogP contribution in [0.15, 0.2) is 0 Å². The van der Waals surface area contributed by atoms with Crippen molar-refractivity contribution in [1.29, 1.82) is 0 Å². The van der Waals surface area contributed by atoms with Crippen LogP contribution in [0.3, 0.4) is 0 Å². The van der Waals surface area contributed by atoms with E-state index < -0.39 is 9.84 Å². The first-order valence-corrected chi connectivity index (χ1v) is 8.96. The molecule has 2 aliphatic heterocycles. The largest absolute Gasteiger partial charge is 0.310 e. The molecule has 18 heavy (non-hydrogen) atoms. The Morgan fingerprint density at radius 3 is 2.61 bits per heavy atom. The number of sulfone groups is 1. The van der Waals surface area contributed by atoms with Crippen molar-refractivity contribution in [1.82, 2.24) is 10.2 Å². The van der Waals surface area contributed by atoms with Gasteiger partial charge in [-0.05, 0) is 45.7 Å². The number of nitrogens with one attached hydrogen (secondary N) is 1. The molecule has 5 heteroatoms. The van der Waals surface area contributed by atoms with Crippen LogP contribution >= 0.6 is 0 Å². The molecule has 2 saturated heterocycles. The molecule has 1 N–H and O–H groups in total. The molecule has 0 aromatic carbocycles. The van der Waals surface area contributed by atoms with E-state index in [2.05, 4.69) is 24.1 Å². The van der Waals surface area contributed by atoms with Gasteiger partial charge in [-0.15, -0.1) is 0 Å². The molecular formula is C13H26N2O2S. The van der Waals surface area contributed by atoms with Gasteiger partial charge >= 0.3 is 0 Å². The monoisotopic (exact) mass is 274 g/mol. The average Bonchev–Trinajstić information content (AvgIpc) is 2.52. The molecule has 0 spiro atoms. The first-order valence-electron chi connectivity index (χ1n) is 7.14. The molecule has 0 aliphatic carbocycles. The van der Waals surface area contributed by atoms with Crippen LogP contribution in [-0.4, -0.2) is 56.0 Å². The highest BCUT2D eigenvalue weighted by molar-refractivity contribution is 7.91. The molecule has 0 saturated carbocycles. The van der Waals surface area contributed by atoms with Crippen LogP contribution in [-0.2, 0) is 9.84 Å². The second-order valence-corrected chi connectivity index (χ2v) is 8.35. The van der Waals surface area contributed by atoms with Crippen molar-refractivity contribution < 1.29 is 8.42 Å². The van der Waals surface area contributed by atoms with Gasteiger partial charge in [0.25, 0.3) is 0 Å². The number of rotatable bonds is 2. The Bertz CT molecular complexity index is 368. The van der Waals surface area contributed by atoms with E-state index in [0.717, 1.165) is 38.9 Å². The molecule has 2 heterocycles.